The first-order valence-electron chi connectivity index (χ1n) is 5.90. The summed E-state index contributed by atoms with van der Waals surface area (Å²) in [6.45, 7) is 0. The number of carboxylic acids is 2. The van der Waals surface area contributed by atoms with Crippen LogP contribution < -0.4 is 5.73 Å². The average molecular weight is 331 g/mol. The van der Waals surface area contributed by atoms with Crippen molar-refractivity contribution >= 4 is 35.3 Å². The molecule has 2 heterocycles. The summed E-state index contributed by atoms with van der Waals surface area (Å²) in [7, 11) is 2.37. The molecule has 0 radical (unpaired) electrons. The monoisotopic (exact) mass is 331 g/mol. The second-order valence-electron chi connectivity index (χ2n) is 4.40. The number of hydrogen-bond acceptors (Lipinski definition) is 8. The maximum absolute atomic E-state index is 12.1. The fraction of sp³-hybridized carbons (Fsp3) is 0.455. The molecule has 2 rings (SSSR count). The fourth-order valence-corrected chi connectivity index (χ4v) is 3.63. The number of nitrogens with two attached hydrogens (primary N) is 1. The van der Waals surface area contributed by atoms with E-state index in [0.29, 0.717) is 0 Å². The van der Waals surface area contributed by atoms with Crippen molar-refractivity contribution in [3.05, 3.63) is 11.3 Å². The van der Waals surface area contributed by atoms with Gasteiger partial charge in [-0.15, -0.1) is 11.8 Å². The maximum Gasteiger partial charge on any atom is 0.358 e. The standard InChI is InChI=1S/C11H13N3O7S/c1-20-11(12)9(19)14-6(8(17)18)4(3-22-10(11)14)5(7(15)16)13-21-2/h10H,3,12H2,1-2H3,(H,15,16)(H,17,18)/t10-,11-/m0/s1. The summed E-state index contributed by atoms with van der Waals surface area (Å²) in [4.78, 5) is 40.2. The quantitative estimate of drug-likeness (QED) is 0.240. The molecule has 1 fully saturated rings. The van der Waals surface area contributed by atoms with E-state index in [1.165, 1.54) is 7.11 Å². The molecular formula is C11H13N3O7S. The summed E-state index contributed by atoms with van der Waals surface area (Å²) in [5, 5.41) is 21.1. The minimum absolute atomic E-state index is 0.0209. The molecule has 22 heavy (non-hydrogen) atoms. The first kappa shape index (κ1) is 16.3. The summed E-state index contributed by atoms with van der Waals surface area (Å²) in [6, 6.07) is 0. The summed E-state index contributed by atoms with van der Waals surface area (Å²) in [5.41, 5.74) is 2.97. The molecule has 0 spiro atoms. The van der Waals surface area contributed by atoms with Crippen molar-refractivity contribution in [2.75, 3.05) is 20.0 Å². The Labute approximate surface area is 128 Å². The number of rotatable bonds is 5. The fourth-order valence-electron chi connectivity index (χ4n) is 2.23. The van der Waals surface area contributed by atoms with E-state index in [-0.39, 0.29) is 11.3 Å². The predicted molar refractivity (Wildman–Crippen MR) is 73.8 cm³/mol. The summed E-state index contributed by atoms with van der Waals surface area (Å²) in [5.74, 6) is -3.71. The van der Waals surface area contributed by atoms with Crippen molar-refractivity contribution in [1.29, 1.82) is 0 Å². The molecule has 2 aliphatic rings. The molecule has 11 heteroatoms. The number of carboxylic acid groups (broad SMARTS) is 2. The Bertz CT molecular complexity index is 617. The van der Waals surface area contributed by atoms with Gasteiger partial charge in [0.1, 0.15) is 18.2 Å². The third-order valence-corrected chi connectivity index (χ3v) is 4.61. The normalized spacial score (nSPS) is 28.1. The molecule has 2 aliphatic heterocycles. The zero-order chi connectivity index (χ0) is 16.7. The van der Waals surface area contributed by atoms with E-state index in [4.69, 9.17) is 15.6 Å². The Morgan fingerprint density at radius 3 is 2.55 bits per heavy atom. The topological polar surface area (TPSA) is 152 Å². The third-order valence-electron chi connectivity index (χ3n) is 3.28. The molecule has 0 aliphatic carbocycles. The van der Waals surface area contributed by atoms with Crippen molar-refractivity contribution < 1.29 is 34.2 Å². The van der Waals surface area contributed by atoms with Crippen LogP contribution in [-0.4, -0.2) is 69.7 Å². The van der Waals surface area contributed by atoms with E-state index in [1.807, 2.05) is 0 Å². The Morgan fingerprint density at radius 2 is 2.09 bits per heavy atom. The van der Waals surface area contributed by atoms with E-state index in [1.54, 1.807) is 0 Å². The van der Waals surface area contributed by atoms with Gasteiger partial charge in [-0.3, -0.25) is 15.4 Å². The number of nitrogens with zero attached hydrogens (tertiary/aromatic N) is 2. The molecule has 0 aromatic carbocycles. The van der Waals surface area contributed by atoms with Gasteiger partial charge in [-0.2, -0.15) is 0 Å². The van der Waals surface area contributed by atoms with Gasteiger partial charge in [0.2, 0.25) is 5.72 Å². The van der Waals surface area contributed by atoms with Gasteiger partial charge in [-0.25, -0.2) is 9.59 Å². The SMILES string of the molecule is CON=C(C(=O)O)C1=C(C(=O)O)N2C(=O)[C@](N)(OC)[C@@H]2SC1. The zero-order valence-corrected chi connectivity index (χ0v) is 12.4. The van der Waals surface area contributed by atoms with Crippen molar-refractivity contribution in [2.45, 2.75) is 11.1 Å². The lowest BCUT2D eigenvalue weighted by Gasteiger charge is -2.53. The molecule has 1 saturated heterocycles. The van der Waals surface area contributed by atoms with Crippen molar-refractivity contribution in [3.63, 3.8) is 0 Å². The van der Waals surface area contributed by atoms with Gasteiger partial charge in [-0.05, 0) is 0 Å². The first-order valence-corrected chi connectivity index (χ1v) is 6.95. The summed E-state index contributed by atoms with van der Waals surface area (Å²) < 4.78 is 4.95. The largest absolute Gasteiger partial charge is 0.477 e. The van der Waals surface area contributed by atoms with Crippen molar-refractivity contribution in [2.24, 2.45) is 10.9 Å². The van der Waals surface area contributed by atoms with Gasteiger partial charge in [-0.1, -0.05) is 5.16 Å². The third kappa shape index (κ3) is 2.14. The molecule has 0 unspecified atom stereocenters. The predicted octanol–water partition coefficient (Wildman–Crippen LogP) is -1.37. The van der Waals surface area contributed by atoms with E-state index in [2.05, 4.69) is 9.99 Å². The highest BCUT2D eigenvalue weighted by molar-refractivity contribution is 8.00. The van der Waals surface area contributed by atoms with Crippen molar-refractivity contribution in [1.82, 2.24) is 4.90 Å². The number of methoxy groups -OCH3 is 1. The number of oxime groups is 1. The molecular weight excluding hydrogens is 318 g/mol. The van der Waals surface area contributed by atoms with E-state index >= 15 is 0 Å². The van der Waals surface area contributed by atoms with Gasteiger partial charge in [0, 0.05) is 18.4 Å². The molecule has 4 N–H and O–H groups in total. The number of thioether (sulfide) groups is 1. The first-order chi connectivity index (χ1) is 10.3. The van der Waals surface area contributed by atoms with Crippen LogP contribution in [0.15, 0.2) is 16.4 Å². The molecule has 2 atom stereocenters. The van der Waals surface area contributed by atoms with Crippen LogP contribution in [0.5, 0.6) is 0 Å². The smallest absolute Gasteiger partial charge is 0.358 e. The highest BCUT2D eigenvalue weighted by atomic mass is 32.2. The molecule has 0 bridgehead atoms. The number of β-lactam (4-membered cyclic amide) rings is 1. The van der Waals surface area contributed by atoms with Gasteiger partial charge in [0.05, 0.1) is 0 Å². The van der Waals surface area contributed by atoms with E-state index in [9.17, 15) is 19.5 Å². The van der Waals surface area contributed by atoms with Gasteiger partial charge in [0.25, 0.3) is 5.91 Å². The number of amides is 1. The number of ether oxygens (including phenoxy) is 1. The summed E-state index contributed by atoms with van der Waals surface area (Å²) in [6.07, 6.45) is 0. The van der Waals surface area contributed by atoms with Crippen LogP contribution in [0, 0.1) is 0 Å². The van der Waals surface area contributed by atoms with Crippen molar-refractivity contribution in [3.8, 4) is 0 Å². The van der Waals surface area contributed by atoms with Crippen LogP contribution in [0.3, 0.4) is 0 Å². The average Bonchev–Trinajstić information content (AvgIpc) is 2.49. The van der Waals surface area contributed by atoms with Crippen LogP contribution in [0.2, 0.25) is 0 Å². The minimum Gasteiger partial charge on any atom is -0.477 e. The Morgan fingerprint density at radius 1 is 1.45 bits per heavy atom. The maximum atomic E-state index is 12.1. The number of carbonyl (C=O) groups is 3. The lowest BCUT2D eigenvalue weighted by molar-refractivity contribution is -0.182. The highest BCUT2D eigenvalue weighted by Crippen LogP contribution is 2.45. The lowest BCUT2D eigenvalue weighted by atomic mass is 9.98. The minimum atomic E-state index is -1.63. The number of carbonyl (C=O) groups excluding carboxylic acids is 1. The van der Waals surface area contributed by atoms with Gasteiger partial charge >= 0.3 is 11.9 Å². The Balaban J connectivity index is 2.54. The van der Waals surface area contributed by atoms with Crippen LogP contribution in [0.1, 0.15) is 0 Å². The van der Waals surface area contributed by atoms with Crippen LogP contribution in [0.25, 0.3) is 0 Å². The molecule has 0 aromatic heterocycles. The van der Waals surface area contributed by atoms with E-state index in [0.717, 1.165) is 23.8 Å². The number of fused-ring (bicyclic) bond motifs is 1. The lowest BCUT2D eigenvalue weighted by Crippen LogP contribution is -2.78. The number of hydrogen-bond donors (Lipinski definition) is 3. The zero-order valence-electron chi connectivity index (χ0n) is 11.6. The molecule has 0 saturated carbocycles. The van der Waals surface area contributed by atoms with E-state index < -0.39 is 40.4 Å². The molecule has 10 nitrogen and oxygen atoms in total. The summed E-state index contributed by atoms with van der Waals surface area (Å²) >= 11 is 1.08. The molecule has 0 aromatic rings. The second-order valence-corrected chi connectivity index (χ2v) is 5.46. The van der Waals surface area contributed by atoms with Gasteiger partial charge < -0.3 is 19.8 Å². The van der Waals surface area contributed by atoms with Crippen LogP contribution in [-0.2, 0) is 24.0 Å². The van der Waals surface area contributed by atoms with Gasteiger partial charge in [0.15, 0.2) is 5.71 Å². The molecule has 120 valence electrons. The van der Waals surface area contributed by atoms with Crippen LogP contribution >= 0.6 is 11.8 Å². The molecule has 1 amide bonds. The van der Waals surface area contributed by atoms with Crippen LogP contribution in [0.4, 0.5) is 0 Å². The number of aliphatic carboxylic acids is 2. The Kier molecular flexibility index (Phi) is 4.13. The second kappa shape index (κ2) is 5.59. The Hall–Kier alpha value is -2.11. The highest BCUT2D eigenvalue weighted by Gasteiger charge is 2.64.